The fraction of sp³-hybridized carbons (Fsp3) is 0.632. The zero-order valence-corrected chi connectivity index (χ0v) is 16.4. The minimum absolute atomic E-state index is 0.0847. The first-order valence-electron chi connectivity index (χ1n) is 9.15. The van der Waals surface area contributed by atoms with E-state index in [2.05, 4.69) is 6.07 Å². The lowest BCUT2D eigenvalue weighted by molar-refractivity contribution is -0.130. The molecule has 1 heterocycles. The van der Waals surface area contributed by atoms with Gasteiger partial charge in [-0.3, -0.25) is 4.79 Å². The van der Waals surface area contributed by atoms with Crippen LogP contribution in [0.15, 0.2) is 18.2 Å². The highest BCUT2D eigenvalue weighted by atomic mass is 32.2. The number of benzene rings is 1. The van der Waals surface area contributed by atoms with E-state index in [0.717, 1.165) is 23.1 Å². The molecule has 5 nitrogen and oxygen atoms in total. The normalized spacial score (nSPS) is 16.7. The lowest BCUT2D eigenvalue weighted by Crippen LogP contribution is -2.38. The van der Waals surface area contributed by atoms with Gasteiger partial charge in [0.25, 0.3) is 0 Å². The van der Waals surface area contributed by atoms with Crippen molar-refractivity contribution in [2.24, 2.45) is 0 Å². The van der Waals surface area contributed by atoms with Crippen LogP contribution in [0.4, 0.5) is 0 Å². The zero-order chi connectivity index (χ0) is 18.4. The second-order valence-electron chi connectivity index (χ2n) is 6.91. The third kappa shape index (κ3) is 5.54. The van der Waals surface area contributed by atoms with Gasteiger partial charge >= 0.3 is 0 Å². The minimum atomic E-state index is -3.19. The van der Waals surface area contributed by atoms with E-state index in [1.807, 2.05) is 37.8 Å². The van der Waals surface area contributed by atoms with E-state index in [0.29, 0.717) is 45.4 Å². The number of rotatable bonds is 6. The Kier molecular flexibility index (Phi) is 7.02. The standard InChI is InChI=1S/C19H30N2O3S/c1-4-5-13-25(23,24)21-10-6-9-20(11-12-21)19(22)15-18-14-16(2)7-8-17(18)3/h7-8,14H,4-6,9-13,15H2,1-3H3. The van der Waals surface area contributed by atoms with E-state index in [1.54, 1.807) is 4.31 Å². The Bertz CT molecular complexity index is 701. The van der Waals surface area contributed by atoms with Crippen molar-refractivity contribution in [3.05, 3.63) is 34.9 Å². The van der Waals surface area contributed by atoms with Crippen LogP contribution in [0.3, 0.4) is 0 Å². The van der Waals surface area contributed by atoms with Gasteiger partial charge in [-0.05, 0) is 37.8 Å². The summed E-state index contributed by atoms with van der Waals surface area (Å²) < 4.78 is 26.3. The molecule has 0 N–H and O–H groups in total. The zero-order valence-electron chi connectivity index (χ0n) is 15.6. The van der Waals surface area contributed by atoms with Crippen LogP contribution in [0.25, 0.3) is 0 Å². The molecule has 0 spiro atoms. The number of amides is 1. The smallest absolute Gasteiger partial charge is 0.227 e. The van der Waals surface area contributed by atoms with Crippen LogP contribution >= 0.6 is 0 Å². The van der Waals surface area contributed by atoms with E-state index in [1.165, 1.54) is 0 Å². The summed E-state index contributed by atoms with van der Waals surface area (Å²) in [6, 6.07) is 6.16. The van der Waals surface area contributed by atoms with Crippen molar-refractivity contribution in [1.29, 1.82) is 0 Å². The van der Waals surface area contributed by atoms with Gasteiger partial charge in [0.1, 0.15) is 0 Å². The first kappa shape index (κ1) is 19.9. The molecule has 0 atom stereocenters. The molecule has 1 aromatic rings. The highest BCUT2D eigenvalue weighted by molar-refractivity contribution is 7.89. The molecule has 6 heteroatoms. The highest BCUT2D eigenvalue weighted by Crippen LogP contribution is 2.15. The average Bonchev–Trinajstić information content (AvgIpc) is 2.83. The summed E-state index contributed by atoms with van der Waals surface area (Å²) in [4.78, 5) is 14.5. The Morgan fingerprint density at radius 3 is 2.60 bits per heavy atom. The number of hydrogen-bond acceptors (Lipinski definition) is 3. The van der Waals surface area contributed by atoms with E-state index >= 15 is 0 Å². The average molecular weight is 367 g/mol. The van der Waals surface area contributed by atoms with Crippen LogP contribution in [0, 0.1) is 13.8 Å². The second-order valence-corrected chi connectivity index (χ2v) is 9.00. The molecule has 1 aliphatic rings. The van der Waals surface area contributed by atoms with Crippen LogP contribution in [-0.4, -0.2) is 55.5 Å². The summed E-state index contributed by atoms with van der Waals surface area (Å²) in [6.07, 6.45) is 2.64. The van der Waals surface area contributed by atoms with Gasteiger partial charge < -0.3 is 4.90 Å². The second kappa shape index (κ2) is 8.81. The number of carbonyl (C=O) groups excluding carboxylic acids is 1. The number of aryl methyl sites for hydroxylation is 2. The molecular weight excluding hydrogens is 336 g/mol. The fourth-order valence-electron chi connectivity index (χ4n) is 3.14. The number of sulfonamides is 1. The molecule has 1 aromatic carbocycles. The van der Waals surface area contributed by atoms with Gasteiger partial charge in [-0.15, -0.1) is 0 Å². The molecular formula is C19H30N2O3S. The predicted octanol–water partition coefficient (Wildman–Crippen LogP) is 2.51. The monoisotopic (exact) mass is 366 g/mol. The SMILES string of the molecule is CCCCS(=O)(=O)N1CCCN(C(=O)Cc2cc(C)ccc2C)CC1. The van der Waals surface area contributed by atoms with Crippen molar-refractivity contribution in [2.75, 3.05) is 31.9 Å². The number of carbonyl (C=O) groups is 1. The lowest BCUT2D eigenvalue weighted by Gasteiger charge is -2.22. The van der Waals surface area contributed by atoms with Crippen LogP contribution in [-0.2, 0) is 21.2 Å². The van der Waals surface area contributed by atoms with E-state index in [-0.39, 0.29) is 11.7 Å². The minimum Gasteiger partial charge on any atom is -0.341 e. The van der Waals surface area contributed by atoms with Crippen molar-refractivity contribution in [1.82, 2.24) is 9.21 Å². The Morgan fingerprint density at radius 2 is 1.88 bits per heavy atom. The van der Waals surface area contributed by atoms with Crippen molar-refractivity contribution < 1.29 is 13.2 Å². The largest absolute Gasteiger partial charge is 0.341 e. The van der Waals surface area contributed by atoms with Crippen molar-refractivity contribution >= 4 is 15.9 Å². The summed E-state index contributed by atoms with van der Waals surface area (Å²) >= 11 is 0. The Labute approximate surface area is 152 Å². The fourth-order valence-corrected chi connectivity index (χ4v) is 4.82. The Hall–Kier alpha value is -1.40. The predicted molar refractivity (Wildman–Crippen MR) is 101 cm³/mol. The van der Waals surface area contributed by atoms with E-state index in [4.69, 9.17) is 0 Å². The molecule has 25 heavy (non-hydrogen) atoms. The number of unbranched alkanes of at least 4 members (excludes halogenated alkanes) is 1. The molecule has 0 radical (unpaired) electrons. The molecule has 2 rings (SSSR count). The van der Waals surface area contributed by atoms with Gasteiger partial charge in [-0.2, -0.15) is 0 Å². The van der Waals surface area contributed by atoms with Crippen LogP contribution in [0.5, 0.6) is 0 Å². The van der Waals surface area contributed by atoms with Crippen molar-refractivity contribution in [3.8, 4) is 0 Å². The maximum absolute atomic E-state index is 12.7. The summed E-state index contributed by atoms with van der Waals surface area (Å²) in [5.41, 5.74) is 3.33. The molecule has 0 saturated carbocycles. The van der Waals surface area contributed by atoms with Crippen molar-refractivity contribution in [2.45, 2.75) is 46.5 Å². The van der Waals surface area contributed by atoms with Crippen molar-refractivity contribution in [3.63, 3.8) is 0 Å². The van der Waals surface area contributed by atoms with E-state index in [9.17, 15) is 13.2 Å². The quantitative estimate of drug-likeness (QED) is 0.777. The molecule has 1 amide bonds. The first-order chi connectivity index (χ1) is 11.8. The van der Waals surface area contributed by atoms with Gasteiger partial charge in [-0.25, -0.2) is 12.7 Å². The van der Waals surface area contributed by atoms with Crippen LogP contribution in [0.1, 0.15) is 42.9 Å². The van der Waals surface area contributed by atoms with E-state index < -0.39 is 10.0 Å². The molecule has 1 saturated heterocycles. The number of nitrogens with zero attached hydrogens (tertiary/aromatic N) is 2. The number of hydrogen-bond donors (Lipinski definition) is 0. The highest BCUT2D eigenvalue weighted by Gasteiger charge is 2.26. The molecule has 0 aliphatic carbocycles. The summed E-state index contributed by atoms with van der Waals surface area (Å²) in [5, 5.41) is 0. The maximum Gasteiger partial charge on any atom is 0.227 e. The van der Waals surface area contributed by atoms with Gasteiger partial charge in [0.2, 0.25) is 15.9 Å². The maximum atomic E-state index is 12.7. The molecule has 0 aromatic heterocycles. The summed E-state index contributed by atoms with van der Waals surface area (Å²) in [5.74, 6) is 0.293. The van der Waals surface area contributed by atoms with Gasteiger partial charge in [0.15, 0.2) is 0 Å². The Balaban J connectivity index is 1.98. The molecule has 1 fully saturated rings. The molecule has 140 valence electrons. The molecule has 0 bridgehead atoms. The van der Waals surface area contributed by atoms with Gasteiger partial charge in [0.05, 0.1) is 12.2 Å². The first-order valence-corrected chi connectivity index (χ1v) is 10.8. The Morgan fingerprint density at radius 1 is 1.12 bits per heavy atom. The van der Waals surface area contributed by atoms with Crippen LogP contribution < -0.4 is 0 Å². The topological polar surface area (TPSA) is 57.7 Å². The van der Waals surface area contributed by atoms with Gasteiger partial charge in [0, 0.05) is 26.2 Å². The summed E-state index contributed by atoms with van der Waals surface area (Å²) in [7, 11) is -3.19. The van der Waals surface area contributed by atoms with Crippen LogP contribution in [0.2, 0.25) is 0 Å². The molecule has 1 aliphatic heterocycles. The summed E-state index contributed by atoms with van der Waals surface area (Å²) in [6.45, 7) is 8.07. The van der Waals surface area contributed by atoms with Gasteiger partial charge in [-0.1, -0.05) is 37.1 Å². The third-order valence-corrected chi connectivity index (χ3v) is 6.76. The lowest BCUT2D eigenvalue weighted by atomic mass is 10.0. The molecule has 0 unspecified atom stereocenters. The third-order valence-electron chi connectivity index (χ3n) is 4.80.